The number of carbonyl (C=O) groups is 1. The Bertz CT molecular complexity index is 1090. The lowest BCUT2D eigenvalue weighted by Crippen LogP contribution is -2.41. The number of para-hydroxylation sites is 1. The molecular weight excluding hydrogens is 456 g/mol. The number of hydrogen-bond acceptors (Lipinski definition) is 5. The SMILES string of the molecule is Cc1cc(NC(=O)[C@H]2CCCN(c3nccnc3Oc3ccccc3C)C2)ccc1Br. The fourth-order valence-corrected chi connectivity index (χ4v) is 3.98. The molecule has 0 saturated carbocycles. The predicted octanol–water partition coefficient (Wildman–Crippen LogP) is 5.50. The van der Waals surface area contributed by atoms with Crippen LogP contribution in [-0.4, -0.2) is 29.0 Å². The van der Waals surface area contributed by atoms with E-state index in [0.717, 1.165) is 46.4 Å². The Morgan fingerprint density at radius 3 is 2.74 bits per heavy atom. The van der Waals surface area contributed by atoms with Crippen LogP contribution in [0.15, 0.2) is 59.3 Å². The molecule has 1 aliphatic heterocycles. The molecule has 4 rings (SSSR count). The van der Waals surface area contributed by atoms with E-state index in [0.29, 0.717) is 18.2 Å². The van der Waals surface area contributed by atoms with Crippen LogP contribution in [0, 0.1) is 19.8 Å². The van der Waals surface area contributed by atoms with Crippen molar-refractivity contribution in [2.24, 2.45) is 5.92 Å². The summed E-state index contributed by atoms with van der Waals surface area (Å²) in [6.07, 6.45) is 5.03. The predicted molar refractivity (Wildman–Crippen MR) is 126 cm³/mol. The molecule has 160 valence electrons. The van der Waals surface area contributed by atoms with Crippen LogP contribution in [0.2, 0.25) is 0 Å². The summed E-state index contributed by atoms with van der Waals surface area (Å²) in [4.78, 5) is 24.0. The molecule has 3 aromatic rings. The van der Waals surface area contributed by atoms with E-state index < -0.39 is 0 Å². The third-order valence-corrected chi connectivity index (χ3v) is 6.35. The molecule has 1 aromatic heterocycles. The van der Waals surface area contributed by atoms with Gasteiger partial charge in [0.1, 0.15) is 5.75 Å². The maximum atomic E-state index is 12.9. The smallest absolute Gasteiger partial charge is 0.263 e. The van der Waals surface area contributed by atoms with Gasteiger partial charge in [-0.25, -0.2) is 9.97 Å². The first-order valence-electron chi connectivity index (χ1n) is 10.4. The number of halogens is 1. The first-order chi connectivity index (χ1) is 15.0. The van der Waals surface area contributed by atoms with Crippen LogP contribution in [0.1, 0.15) is 24.0 Å². The average Bonchev–Trinajstić information content (AvgIpc) is 2.78. The minimum atomic E-state index is -0.133. The van der Waals surface area contributed by atoms with Crippen molar-refractivity contribution in [2.75, 3.05) is 23.3 Å². The average molecular weight is 481 g/mol. The normalized spacial score (nSPS) is 16.1. The first kappa shape index (κ1) is 21.3. The minimum Gasteiger partial charge on any atom is -0.436 e. The molecule has 0 unspecified atom stereocenters. The lowest BCUT2D eigenvalue weighted by Gasteiger charge is -2.33. The van der Waals surface area contributed by atoms with E-state index in [1.807, 2.05) is 56.3 Å². The third kappa shape index (κ3) is 5.05. The first-order valence-corrected chi connectivity index (χ1v) is 11.2. The van der Waals surface area contributed by atoms with Gasteiger partial charge < -0.3 is 15.0 Å². The van der Waals surface area contributed by atoms with Gasteiger partial charge in [0.25, 0.3) is 5.88 Å². The van der Waals surface area contributed by atoms with Gasteiger partial charge in [-0.1, -0.05) is 34.1 Å². The highest BCUT2D eigenvalue weighted by Crippen LogP contribution is 2.32. The lowest BCUT2D eigenvalue weighted by atomic mass is 9.97. The number of aryl methyl sites for hydroxylation is 2. The summed E-state index contributed by atoms with van der Waals surface area (Å²) in [7, 11) is 0. The zero-order valence-electron chi connectivity index (χ0n) is 17.6. The number of aromatic nitrogens is 2. The minimum absolute atomic E-state index is 0.0247. The van der Waals surface area contributed by atoms with E-state index in [1.165, 1.54) is 0 Å². The van der Waals surface area contributed by atoms with Crippen molar-refractivity contribution in [1.29, 1.82) is 0 Å². The number of piperidine rings is 1. The Morgan fingerprint density at radius 1 is 1.13 bits per heavy atom. The van der Waals surface area contributed by atoms with E-state index in [9.17, 15) is 4.79 Å². The summed E-state index contributed by atoms with van der Waals surface area (Å²) in [6, 6.07) is 13.7. The number of benzene rings is 2. The van der Waals surface area contributed by atoms with Gasteiger partial charge in [-0.2, -0.15) is 0 Å². The molecule has 2 heterocycles. The highest BCUT2D eigenvalue weighted by molar-refractivity contribution is 9.10. The number of anilines is 2. The maximum Gasteiger partial charge on any atom is 0.263 e. The van der Waals surface area contributed by atoms with E-state index in [-0.39, 0.29) is 11.8 Å². The summed E-state index contributed by atoms with van der Waals surface area (Å²) in [5.74, 6) is 1.77. The summed E-state index contributed by atoms with van der Waals surface area (Å²) in [5, 5.41) is 3.06. The van der Waals surface area contributed by atoms with Gasteiger partial charge in [0.2, 0.25) is 5.91 Å². The number of nitrogens with zero attached hydrogens (tertiary/aromatic N) is 3. The van der Waals surface area contributed by atoms with Gasteiger partial charge in [0.05, 0.1) is 5.92 Å². The number of amides is 1. The zero-order valence-corrected chi connectivity index (χ0v) is 19.2. The maximum absolute atomic E-state index is 12.9. The van der Waals surface area contributed by atoms with Crippen LogP contribution in [0.3, 0.4) is 0 Å². The van der Waals surface area contributed by atoms with Crippen LogP contribution < -0.4 is 15.0 Å². The van der Waals surface area contributed by atoms with E-state index in [1.54, 1.807) is 12.4 Å². The molecule has 0 spiro atoms. The van der Waals surface area contributed by atoms with Crippen molar-refractivity contribution < 1.29 is 9.53 Å². The van der Waals surface area contributed by atoms with Crippen LogP contribution >= 0.6 is 15.9 Å². The number of nitrogens with one attached hydrogen (secondary N) is 1. The number of hydrogen-bond donors (Lipinski definition) is 1. The molecule has 1 amide bonds. The highest BCUT2D eigenvalue weighted by atomic mass is 79.9. The Hall–Kier alpha value is -2.93. The standard InChI is InChI=1S/C24H25BrN4O2/c1-16-6-3-4-8-21(16)31-24-22(26-11-12-27-24)29-13-5-7-18(15-29)23(30)28-19-9-10-20(25)17(2)14-19/h3-4,6,8-12,14,18H,5,7,13,15H2,1-2H3,(H,28,30)/t18-/m0/s1. The fraction of sp³-hybridized carbons (Fsp3) is 0.292. The number of carbonyl (C=O) groups excluding carboxylic acids is 1. The molecule has 0 radical (unpaired) electrons. The molecule has 31 heavy (non-hydrogen) atoms. The molecule has 1 fully saturated rings. The highest BCUT2D eigenvalue weighted by Gasteiger charge is 2.28. The molecule has 0 bridgehead atoms. The van der Waals surface area contributed by atoms with Crippen LogP contribution in [0.4, 0.5) is 11.5 Å². The van der Waals surface area contributed by atoms with Gasteiger partial charge in [-0.05, 0) is 62.1 Å². The van der Waals surface area contributed by atoms with Gasteiger partial charge in [-0.15, -0.1) is 0 Å². The van der Waals surface area contributed by atoms with Crippen molar-refractivity contribution in [3.05, 3.63) is 70.5 Å². The van der Waals surface area contributed by atoms with Crippen molar-refractivity contribution in [3.63, 3.8) is 0 Å². The Balaban J connectivity index is 1.49. The van der Waals surface area contributed by atoms with Crippen molar-refractivity contribution in [3.8, 4) is 11.6 Å². The molecule has 1 atom stereocenters. The van der Waals surface area contributed by atoms with Crippen LogP contribution in [0.25, 0.3) is 0 Å². The second-order valence-electron chi connectivity index (χ2n) is 7.79. The number of rotatable bonds is 5. The van der Waals surface area contributed by atoms with Gasteiger partial charge in [0, 0.05) is 35.6 Å². The molecule has 6 nitrogen and oxygen atoms in total. The Kier molecular flexibility index (Phi) is 6.51. The lowest BCUT2D eigenvalue weighted by molar-refractivity contribution is -0.120. The van der Waals surface area contributed by atoms with Crippen molar-refractivity contribution in [2.45, 2.75) is 26.7 Å². The summed E-state index contributed by atoms with van der Waals surface area (Å²) >= 11 is 3.50. The Morgan fingerprint density at radius 2 is 1.94 bits per heavy atom. The summed E-state index contributed by atoms with van der Waals surface area (Å²) in [5.41, 5.74) is 2.92. The number of ether oxygens (including phenoxy) is 1. The van der Waals surface area contributed by atoms with E-state index >= 15 is 0 Å². The van der Waals surface area contributed by atoms with E-state index in [4.69, 9.17) is 4.74 Å². The molecule has 1 aliphatic rings. The van der Waals surface area contributed by atoms with E-state index in [2.05, 4.69) is 36.1 Å². The molecule has 7 heteroatoms. The second-order valence-corrected chi connectivity index (χ2v) is 8.65. The summed E-state index contributed by atoms with van der Waals surface area (Å²) in [6.45, 7) is 5.39. The van der Waals surface area contributed by atoms with Crippen LogP contribution in [-0.2, 0) is 4.79 Å². The van der Waals surface area contributed by atoms with Gasteiger partial charge in [-0.3, -0.25) is 4.79 Å². The fourth-order valence-electron chi connectivity index (χ4n) is 3.73. The molecule has 1 saturated heterocycles. The quantitative estimate of drug-likeness (QED) is 0.521. The molecule has 0 aliphatic carbocycles. The third-order valence-electron chi connectivity index (χ3n) is 5.46. The monoisotopic (exact) mass is 480 g/mol. The Labute approximate surface area is 190 Å². The largest absolute Gasteiger partial charge is 0.436 e. The molecular formula is C24H25BrN4O2. The topological polar surface area (TPSA) is 67.4 Å². The second kappa shape index (κ2) is 9.47. The zero-order chi connectivity index (χ0) is 21.8. The summed E-state index contributed by atoms with van der Waals surface area (Å²) < 4.78 is 7.12. The molecule has 1 N–H and O–H groups in total. The van der Waals surface area contributed by atoms with Crippen LogP contribution in [0.5, 0.6) is 11.6 Å². The van der Waals surface area contributed by atoms with Crippen molar-refractivity contribution in [1.82, 2.24) is 9.97 Å². The van der Waals surface area contributed by atoms with Gasteiger partial charge >= 0.3 is 0 Å². The van der Waals surface area contributed by atoms with Gasteiger partial charge in [0.15, 0.2) is 5.82 Å². The van der Waals surface area contributed by atoms with Crippen molar-refractivity contribution >= 4 is 33.3 Å². The molecule has 2 aromatic carbocycles.